The Morgan fingerprint density at radius 3 is 2.33 bits per heavy atom. The van der Waals surface area contributed by atoms with Gasteiger partial charge in [-0.2, -0.15) is 5.10 Å². The summed E-state index contributed by atoms with van der Waals surface area (Å²) in [6, 6.07) is 17.1. The number of hydrogen-bond acceptors (Lipinski definition) is 4. The molecule has 3 atom stereocenters. The fraction of sp³-hybridized carbons (Fsp3) is 0.438. The van der Waals surface area contributed by atoms with Crippen LogP contribution in [0.4, 0.5) is 0 Å². The molecule has 1 aliphatic heterocycles. The second-order valence-electron chi connectivity index (χ2n) is 11.5. The van der Waals surface area contributed by atoms with Crippen molar-refractivity contribution in [2.45, 2.75) is 90.3 Å². The van der Waals surface area contributed by atoms with E-state index in [-0.39, 0.29) is 23.8 Å². The lowest BCUT2D eigenvalue weighted by Crippen LogP contribution is -2.59. The van der Waals surface area contributed by atoms with Crippen molar-refractivity contribution < 1.29 is 14.4 Å². The molecule has 0 aliphatic carbocycles. The van der Waals surface area contributed by atoms with Gasteiger partial charge < -0.3 is 16.4 Å². The number of nitrogens with zero attached hydrogens (tertiary/aromatic N) is 2. The van der Waals surface area contributed by atoms with E-state index in [9.17, 15) is 14.4 Å². The average molecular weight is 544 g/mol. The maximum atomic E-state index is 14.2. The Balaban J connectivity index is 1.77. The molecule has 8 heteroatoms. The average Bonchev–Trinajstić information content (AvgIpc) is 3.28. The van der Waals surface area contributed by atoms with Crippen molar-refractivity contribution in [2.75, 3.05) is 0 Å². The Labute approximate surface area is 236 Å². The van der Waals surface area contributed by atoms with Crippen molar-refractivity contribution in [3.8, 4) is 0 Å². The van der Waals surface area contributed by atoms with Crippen LogP contribution in [0.5, 0.6) is 0 Å². The lowest BCUT2D eigenvalue weighted by molar-refractivity contribution is -0.131. The molecule has 0 saturated carbocycles. The fourth-order valence-corrected chi connectivity index (χ4v) is 5.90. The third kappa shape index (κ3) is 5.40. The number of nitrogens with one attached hydrogen (secondary N) is 2. The second-order valence-corrected chi connectivity index (χ2v) is 11.5. The Hall–Kier alpha value is -3.94. The molecule has 0 bridgehead atoms. The molecule has 0 radical (unpaired) electrons. The second kappa shape index (κ2) is 11.3. The zero-order chi connectivity index (χ0) is 29.2. The van der Waals surface area contributed by atoms with Crippen LogP contribution in [-0.2, 0) is 33.5 Å². The van der Waals surface area contributed by atoms with Crippen molar-refractivity contribution in [2.24, 2.45) is 5.73 Å². The molecule has 0 spiro atoms. The van der Waals surface area contributed by atoms with Gasteiger partial charge in [0.05, 0.1) is 22.5 Å². The van der Waals surface area contributed by atoms with Gasteiger partial charge in [-0.3, -0.25) is 19.1 Å². The van der Waals surface area contributed by atoms with Crippen LogP contribution < -0.4 is 16.4 Å². The number of hydrogen-bond donors (Lipinski definition) is 3. The molecule has 1 aliphatic rings. The van der Waals surface area contributed by atoms with Gasteiger partial charge in [0.15, 0.2) is 0 Å². The van der Waals surface area contributed by atoms with E-state index in [1.807, 2.05) is 61.0 Å². The van der Waals surface area contributed by atoms with E-state index >= 15 is 0 Å². The molecule has 3 aromatic rings. The monoisotopic (exact) mass is 543 g/mol. The molecule has 0 saturated heterocycles. The summed E-state index contributed by atoms with van der Waals surface area (Å²) in [6.07, 6.45) is 2.66. The standard InChI is InChI=1S/C32H41N5O3/c1-7-22-14-16-25(17-15-22)32(8-2,30(40)34-21(4)28(33)38)35-29(39)27-20(3)36-37-26(27)18-24(19-31(37,5)6)23-12-10-9-11-13-23/h9-17,21,24H,7-8,18-19H2,1-6H3,(H2,33,38)(H,34,40)(H,35,39)/t21?,24-,32-/m0/s1. The first-order valence-corrected chi connectivity index (χ1v) is 14.1. The molecule has 4 rings (SSSR count). The summed E-state index contributed by atoms with van der Waals surface area (Å²) in [7, 11) is 0. The SMILES string of the molecule is CCc1ccc([C@](CC)(NC(=O)c2c(C)nn3c2C[C@H](c2ccccc2)CC3(C)C)C(=O)NC(C)C(N)=O)cc1. The van der Waals surface area contributed by atoms with Crippen molar-refractivity contribution in [3.05, 3.63) is 88.2 Å². The van der Waals surface area contributed by atoms with Gasteiger partial charge in [0.2, 0.25) is 5.91 Å². The summed E-state index contributed by atoms with van der Waals surface area (Å²) in [4.78, 5) is 39.8. The van der Waals surface area contributed by atoms with Crippen LogP contribution in [0.25, 0.3) is 0 Å². The molecule has 1 unspecified atom stereocenters. The van der Waals surface area contributed by atoms with Crippen LogP contribution in [0.1, 0.15) is 91.8 Å². The van der Waals surface area contributed by atoms with E-state index in [2.05, 4.69) is 43.5 Å². The number of benzene rings is 2. The van der Waals surface area contributed by atoms with E-state index in [1.54, 1.807) is 0 Å². The molecule has 212 valence electrons. The fourth-order valence-electron chi connectivity index (χ4n) is 5.90. The highest BCUT2D eigenvalue weighted by Crippen LogP contribution is 2.41. The number of carbonyl (C=O) groups is 3. The smallest absolute Gasteiger partial charge is 0.256 e. The maximum absolute atomic E-state index is 14.2. The Morgan fingerprint density at radius 1 is 1.10 bits per heavy atom. The van der Waals surface area contributed by atoms with Crippen molar-refractivity contribution in [3.63, 3.8) is 0 Å². The highest BCUT2D eigenvalue weighted by atomic mass is 16.2. The lowest BCUT2D eigenvalue weighted by Gasteiger charge is -2.38. The Kier molecular flexibility index (Phi) is 8.19. The maximum Gasteiger partial charge on any atom is 0.256 e. The van der Waals surface area contributed by atoms with Crippen molar-refractivity contribution in [1.82, 2.24) is 20.4 Å². The van der Waals surface area contributed by atoms with Gasteiger partial charge >= 0.3 is 0 Å². The van der Waals surface area contributed by atoms with E-state index in [0.717, 1.165) is 24.1 Å². The molecule has 40 heavy (non-hydrogen) atoms. The van der Waals surface area contributed by atoms with E-state index in [1.165, 1.54) is 12.5 Å². The van der Waals surface area contributed by atoms with Crippen molar-refractivity contribution in [1.29, 1.82) is 0 Å². The first-order chi connectivity index (χ1) is 18.9. The van der Waals surface area contributed by atoms with Gasteiger partial charge in [-0.05, 0) is 76.0 Å². The van der Waals surface area contributed by atoms with E-state index in [0.29, 0.717) is 23.2 Å². The quantitative estimate of drug-likeness (QED) is 0.374. The summed E-state index contributed by atoms with van der Waals surface area (Å²) in [5.41, 5.74) is 8.68. The topological polar surface area (TPSA) is 119 Å². The number of aryl methyl sites for hydroxylation is 2. The van der Waals surface area contributed by atoms with Crippen LogP contribution >= 0.6 is 0 Å². The molecule has 0 fully saturated rings. The van der Waals surface area contributed by atoms with Crippen LogP contribution in [0, 0.1) is 6.92 Å². The predicted octanol–water partition coefficient (Wildman–Crippen LogP) is 4.24. The van der Waals surface area contributed by atoms with E-state index in [4.69, 9.17) is 10.8 Å². The molecular weight excluding hydrogens is 502 g/mol. The minimum Gasteiger partial charge on any atom is -0.368 e. The molecule has 2 aromatic carbocycles. The number of nitrogens with two attached hydrogens (primary N) is 1. The first kappa shape index (κ1) is 29.1. The highest BCUT2D eigenvalue weighted by Gasteiger charge is 2.44. The van der Waals surface area contributed by atoms with Crippen LogP contribution in [0.2, 0.25) is 0 Å². The lowest BCUT2D eigenvalue weighted by atomic mass is 9.79. The van der Waals surface area contributed by atoms with Crippen molar-refractivity contribution >= 4 is 17.7 Å². The molecule has 4 N–H and O–H groups in total. The Bertz CT molecular complexity index is 1390. The molecule has 1 aromatic heterocycles. The number of amides is 3. The van der Waals surface area contributed by atoms with Gasteiger partial charge in [-0.15, -0.1) is 0 Å². The summed E-state index contributed by atoms with van der Waals surface area (Å²) in [5.74, 6) is -1.28. The zero-order valence-corrected chi connectivity index (χ0v) is 24.4. The number of carbonyl (C=O) groups excluding carboxylic acids is 3. The zero-order valence-electron chi connectivity index (χ0n) is 24.4. The largest absolute Gasteiger partial charge is 0.368 e. The first-order valence-electron chi connectivity index (χ1n) is 14.1. The molecule has 3 amide bonds. The van der Waals surface area contributed by atoms with Gasteiger partial charge in [-0.25, -0.2) is 0 Å². The van der Waals surface area contributed by atoms with Crippen LogP contribution in [0.3, 0.4) is 0 Å². The predicted molar refractivity (Wildman–Crippen MR) is 156 cm³/mol. The molecule has 8 nitrogen and oxygen atoms in total. The minimum absolute atomic E-state index is 0.226. The number of fused-ring (bicyclic) bond motifs is 1. The molecular formula is C32H41N5O3. The van der Waals surface area contributed by atoms with Gasteiger partial charge in [0.25, 0.3) is 11.8 Å². The van der Waals surface area contributed by atoms with E-state index < -0.39 is 23.4 Å². The summed E-state index contributed by atoms with van der Waals surface area (Å²) in [6.45, 7) is 11.6. The third-order valence-corrected chi connectivity index (χ3v) is 8.29. The summed E-state index contributed by atoms with van der Waals surface area (Å²) < 4.78 is 1.98. The Morgan fingerprint density at radius 2 is 1.75 bits per heavy atom. The number of aromatic nitrogens is 2. The van der Waals surface area contributed by atoms with Gasteiger partial charge in [0, 0.05) is 0 Å². The summed E-state index contributed by atoms with van der Waals surface area (Å²) in [5, 5.41) is 10.6. The number of rotatable bonds is 9. The normalized spacial score (nSPS) is 18.2. The molecule has 2 heterocycles. The summed E-state index contributed by atoms with van der Waals surface area (Å²) >= 11 is 0. The van der Waals surface area contributed by atoms with Gasteiger partial charge in [0.1, 0.15) is 11.6 Å². The number of primary amides is 1. The minimum atomic E-state index is -1.42. The third-order valence-electron chi connectivity index (χ3n) is 8.29. The highest BCUT2D eigenvalue weighted by molar-refractivity contribution is 6.02. The van der Waals surface area contributed by atoms with Gasteiger partial charge in [-0.1, -0.05) is 68.4 Å². The van der Waals surface area contributed by atoms with Crippen LogP contribution in [0.15, 0.2) is 54.6 Å². The van der Waals surface area contributed by atoms with Crippen LogP contribution in [-0.4, -0.2) is 33.5 Å².